The number of sulfonamides is 1. The van der Waals surface area contributed by atoms with Crippen LogP contribution in [0.3, 0.4) is 0 Å². The topological polar surface area (TPSA) is 142 Å². The Bertz CT molecular complexity index is 1530. The normalized spacial score (nSPS) is 12.0. The highest BCUT2D eigenvalue weighted by Gasteiger charge is 2.28. The molecule has 10 nitrogen and oxygen atoms in total. The van der Waals surface area contributed by atoms with E-state index in [1.807, 2.05) is 26.8 Å². The lowest BCUT2D eigenvalue weighted by Gasteiger charge is -2.19. The second kappa shape index (κ2) is 8.66. The molecule has 35 heavy (non-hydrogen) atoms. The first-order valence-electron chi connectivity index (χ1n) is 10.7. The van der Waals surface area contributed by atoms with Crippen LogP contribution in [0.15, 0.2) is 53.6 Å². The zero-order valence-electron chi connectivity index (χ0n) is 20.0. The van der Waals surface area contributed by atoms with Crippen molar-refractivity contribution in [2.24, 2.45) is 7.05 Å². The van der Waals surface area contributed by atoms with E-state index >= 15 is 0 Å². The van der Waals surface area contributed by atoms with Gasteiger partial charge < -0.3 is 10.5 Å². The molecule has 182 valence electrons. The van der Waals surface area contributed by atoms with Crippen molar-refractivity contribution in [3.63, 3.8) is 0 Å². The maximum absolute atomic E-state index is 13.1. The number of nitrogens with zero attached hydrogens (tertiary/aromatic N) is 4. The molecule has 0 fully saturated rings. The number of anilines is 1. The molecule has 0 aliphatic heterocycles. The van der Waals surface area contributed by atoms with E-state index in [-0.39, 0.29) is 16.5 Å². The zero-order chi connectivity index (χ0) is 25.5. The lowest BCUT2D eigenvalue weighted by molar-refractivity contribution is 0.0977. The predicted molar refractivity (Wildman–Crippen MR) is 132 cm³/mol. The number of nitrogens with one attached hydrogen (secondary N) is 1. The largest absolute Gasteiger partial charge is 0.494 e. The number of pyridine rings is 2. The van der Waals surface area contributed by atoms with Crippen molar-refractivity contribution in [2.75, 3.05) is 12.8 Å². The third-order valence-electron chi connectivity index (χ3n) is 5.45. The van der Waals surface area contributed by atoms with Crippen LogP contribution in [0, 0.1) is 0 Å². The van der Waals surface area contributed by atoms with Crippen LogP contribution in [0.5, 0.6) is 5.75 Å². The van der Waals surface area contributed by atoms with Gasteiger partial charge >= 0.3 is 0 Å². The van der Waals surface area contributed by atoms with Crippen LogP contribution in [-0.2, 0) is 22.5 Å². The van der Waals surface area contributed by atoms with Crippen LogP contribution in [0.25, 0.3) is 22.2 Å². The molecule has 0 saturated heterocycles. The molecule has 3 heterocycles. The summed E-state index contributed by atoms with van der Waals surface area (Å²) in [5.74, 6) is -0.348. The first-order valence-corrected chi connectivity index (χ1v) is 12.2. The smallest absolute Gasteiger partial charge is 0.285 e. The average Bonchev–Trinajstić information content (AvgIpc) is 3.14. The van der Waals surface area contributed by atoms with Gasteiger partial charge in [-0.05, 0) is 30.3 Å². The number of amides is 1. The summed E-state index contributed by atoms with van der Waals surface area (Å²) in [7, 11) is -1.26. The molecule has 11 heteroatoms. The molecule has 4 rings (SSSR count). The van der Waals surface area contributed by atoms with Crippen molar-refractivity contribution < 1.29 is 17.9 Å². The van der Waals surface area contributed by atoms with Gasteiger partial charge in [0.15, 0.2) is 5.75 Å². The van der Waals surface area contributed by atoms with Gasteiger partial charge in [-0.3, -0.25) is 9.48 Å². The minimum atomic E-state index is -4.34. The lowest BCUT2D eigenvalue weighted by Crippen LogP contribution is -2.32. The monoisotopic (exact) mass is 494 g/mol. The number of aromatic nitrogens is 4. The van der Waals surface area contributed by atoms with E-state index in [9.17, 15) is 13.2 Å². The number of carbonyl (C=O) groups is 1. The summed E-state index contributed by atoms with van der Waals surface area (Å²) in [6.07, 6.45) is 0. The molecular formula is C24H26N6O4S. The number of methoxy groups -OCH3 is 1. The molecule has 0 radical (unpaired) electrons. The lowest BCUT2D eigenvalue weighted by atomic mass is 9.92. The van der Waals surface area contributed by atoms with Crippen molar-refractivity contribution in [3.8, 4) is 17.0 Å². The highest BCUT2D eigenvalue weighted by molar-refractivity contribution is 7.90. The number of hydrogen-bond acceptors (Lipinski definition) is 8. The molecule has 0 unspecified atom stereocenters. The number of carbonyl (C=O) groups excluding carboxylic acids is 1. The molecule has 0 spiro atoms. The maximum Gasteiger partial charge on any atom is 0.285 e. The van der Waals surface area contributed by atoms with Crippen molar-refractivity contribution in [1.29, 1.82) is 0 Å². The van der Waals surface area contributed by atoms with Gasteiger partial charge in [0.2, 0.25) is 5.03 Å². The third kappa shape index (κ3) is 4.67. The predicted octanol–water partition coefficient (Wildman–Crippen LogP) is 3.04. The minimum absolute atomic E-state index is 0.0315. The Balaban J connectivity index is 1.69. The number of benzene rings is 1. The van der Waals surface area contributed by atoms with Gasteiger partial charge in [0.25, 0.3) is 15.9 Å². The highest BCUT2D eigenvalue weighted by atomic mass is 32.2. The molecule has 1 aromatic carbocycles. The van der Waals surface area contributed by atoms with E-state index in [1.165, 1.54) is 19.2 Å². The molecule has 1 amide bonds. The van der Waals surface area contributed by atoms with Crippen LogP contribution in [-0.4, -0.2) is 41.2 Å². The summed E-state index contributed by atoms with van der Waals surface area (Å²) in [6.45, 7) is 5.72. The fraction of sp³-hybridized carbons (Fsp3) is 0.250. The van der Waals surface area contributed by atoms with Crippen LogP contribution in [0.4, 0.5) is 5.82 Å². The van der Waals surface area contributed by atoms with Gasteiger partial charge in [-0.1, -0.05) is 32.9 Å². The number of hydrogen-bond donors (Lipinski definition) is 2. The van der Waals surface area contributed by atoms with E-state index in [4.69, 9.17) is 10.5 Å². The number of nitrogens with two attached hydrogens (primary N) is 1. The fourth-order valence-corrected chi connectivity index (χ4v) is 4.61. The van der Waals surface area contributed by atoms with Crippen molar-refractivity contribution >= 4 is 32.7 Å². The maximum atomic E-state index is 13.1. The van der Waals surface area contributed by atoms with Crippen molar-refractivity contribution in [3.05, 3.63) is 59.9 Å². The summed E-state index contributed by atoms with van der Waals surface area (Å²) >= 11 is 0. The summed E-state index contributed by atoms with van der Waals surface area (Å²) in [5, 5.41) is 4.77. The number of aryl methyl sites for hydroxylation is 1. The first-order chi connectivity index (χ1) is 16.4. The quantitative estimate of drug-likeness (QED) is 0.431. The van der Waals surface area contributed by atoms with Crippen molar-refractivity contribution in [2.45, 2.75) is 31.2 Å². The van der Waals surface area contributed by atoms with E-state index in [0.29, 0.717) is 22.7 Å². The number of fused-ring (bicyclic) bond motifs is 1. The van der Waals surface area contributed by atoms with E-state index in [2.05, 4.69) is 19.8 Å². The molecule has 4 aromatic rings. The Morgan fingerprint density at radius 2 is 1.83 bits per heavy atom. The third-order valence-corrected chi connectivity index (χ3v) is 6.71. The van der Waals surface area contributed by atoms with Crippen LogP contribution < -0.4 is 15.2 Å². The van der Waals surface area contributed by atoms with E-state index in [0.717, 1.165) is 10.9 Å². The molecule has 0 bridgehead atoms. The fourth-order valence-electron chi connectivity index (χ4n) is 3.53. The van der Waals surface area contributed by atoms with Crippen LogP contribution >= 0.6 is 0 Å². The number of nitrogen functional groups attached to an aromatic ring is 1. The average molecular weight is 495 g/mol. The Labute approximate surface area is 203 Å². The second-order valence-electron chi connectivity index (χ2n) is 9.04. The second-order valence-corrected chi connectivity index (χ2v) is 10.6. The molecule has 3 N–H and O–H groups in total. The zero-order valence-corrected chi connectivity index (χ0v) is 20.8. The first kappa shape index (κ1) is 24.1. The molecule has 0 saturated carbocycles. The van der Waals surface area contributed by atoms with E-state index in [1.54, 1.807) is 42.1 Å². The van der Waals surface area contributed by atoms with Gasteiger partial charge in [0, 0.05) is 35.2 Å². The summed E-state index contributed by atoms with van der Waals surface area (Å²) in [4.78, 5) is 21.6. The molecule has 3 aromatic heterocycles. The number of rotatable bonds is 5. The Hall–Kier alpha value is -3.99. The molecule has 0 aliphatic rings. The highest BCUT2D eigenvalue weighted by Crippen LogP contribution is 2.29. The number of ether oxygens (including phenoxy) is 1. The van der Waals surface area contributed by atoms with Gasteiger partial charge in [0.05, 0.1) is 18.3 Å². The van der Waals surface area contributed by atoms with Gasteiger partial charge in [-0.25, -0.2) is 14.7 Å². The summed E-state index contributed by atoms with van der Waals surface area (Å²) < 4.78 is 35.0. The Kier molecular flexibility index (Phi) is 5.97. The standard InChI is InChI=1S/C24H26N6O4S/c1-24(2,3)20-12-11-19(34-5)23(27-20)35(32,33)29-22(31)17-10-9-15-14(7-6-8-16(15)26-17)18-13-21(25)30(4)28-18/h6-13H,25H2,1-5H3,(H,29,31). The molecule has 0 atom stereocenters. The Morgan fingerprint density at radius 1 is 1.09 bits per heavy atom. The minimum Gasteiger partial charge on any atom is -0.494 e. The summed E-state index contributed by atoms with van der Waals surface area (Å²) in [5.41, 5.74) is 7.93. The molecular weight excluding hydrogens is 468 g/mol. The van der Waals surface area contributed by atoms with Crippen LogP contribution in [0.2, 0.25) is 0 Å². The van der Waals surface area contributed by atoms with Crippen LogP contribution in [0.1, 0.15) is 37.0 Å². The SMILES string of the molecule is COc1ccc(C(C)(C)C)nc1S(=O)(=O)NC(=O)c1ccc2c(-c3cc(N)n(C)n3)cccc2n1. The van der Waals surface area contributed by atoms with Gasteiger partial charge in [-0.15, -0.1) is 0 Å². The molecule has 0 aliphatic carbocycles. The van der Waals surface area contributed by atoms with Gasteiger partial charge in [0.1, 0.15) is 11.5 Å². The Morgan fingerprint density at radius 3 is 2.46 bits per heavy atom. The van der Waals surface area contributed by atoms with Crippen molar-refractivity contribution in [1.82, 2.24) is 24.5 Å². The van der Waals surface area contributed by atoms with E-state index < -0.39 is 21.3 Å². The van der Waals surface area contributed by atoms with Gasteiger partial charge in [-0.2, -0.15) is 13.5 Å². The summed E-state index contributed by atoms with van der Waals surface area (Å²) in [6, 6.07) is 13.5.